The Kier molecular flexibility index (Phi) is 5.85. The second kappa shape index (κ2) is 8.29. The van der Waals surface area contributed by atoms with E-state index in [0.717, 1.165) is 17.5 Å². The summed E-state index contributed by atoms with van der Waals surface area (Å²) in [7, 11) is -3.39. The Balaban J connectivity index is 1.50. The lowest BCUT2D eigenvalue weighted by atomic mass is 10.0. The first-order valence-corrected chi connectivity index (χ1v) is 10.2. The second-order valence-electron chi connectivity index (χ2n) is 6.20. The maximum absolute atomic E-state index is 12.5. The minimum absolute atomic E-state index is 0.0957. The fourth-order valence-electron chi connectivity index (χ4n) is 2.93. The molecular formula is C20H22N2O3S. The highest BCUT2D eigenvalue weighted by molar-refractivity contribution is 7.89. The third-order valence-electron chi connectivity index (χ3n) is 4.37. The van der Waals surface area contributed by atoms with E-state index >= 15 is 0 Å². The highest BCUT2D eigenvalue weighted by Crippen LogP contribution is 2.20. The molecule has 0 saturated carbocycles. The Morgan fingerprint density at radius 3 is 2.50 bits per heavy atom. The number of hydrogen-bond donors (Lipinski definition) is 1. The quantitative estimate of drug-likeness (QED) is 0.793. The molecule has 0 unspecified atom stereocenters. The first-order valence-electron chi connectivity index (χ1n) is 8.60. The van der Waals surface area contributed by atoms with E-state index in [9.17, 15) is 13.2 Å². The lowest BCUT2D eigenvalue weighted by molar-refractivity contribution is -0.116. The van der Waals surface area contributed by atoms with E-state index in [-0.39, 0.29) is 18.2 Å². The van der Waals surface area contributed by atoms with Crippen molar-refractivity contribution in [3.05, 3.63) is 77.4 Å². The van der Waals surface area contributed by atoms with Crippen LogP contribution in [0.5, 0.6) is 0 Å². The number of fused-ring (bicyclic) bond motifs is 1. The number of nitrogens with one attached hydrogen (secondary N) is 1. The Bertz CT molecular complexity index is 892. The molecule has 0 radical (unpaired) electrons. The number of carbonyl (C=O) groups excluding carboxylic acids is 1. The molecule has 26 heavy (non-hydrogen) atoms. The van der Waals surface area contributed by atoms with Crippen molar-refractivity contribution in [3.8, 4) is 0 Å². The van der Waals surface area contributed by atoms with Gasteiger partial charge in [0.05, 0.1) is 5.75 Å². The summed E-state index contributed by atoms with van der Waals surface area (Å²) in [6.07, 6.45) is 3.84. The number of sulfonamides is 1. The van der Waals surface area contributed by atoms with Gasteiger partial charge in [-0.2, -0.15) is 4.31 Å². The molecule has 0 spiro atoms. The van der Waals surface area contributed by atoms with Crippen molar-refractivity contribution in [2.24, 2.45) is 0 Å². The van der Waals surface area contributed by atoms with Crippen LogP contribution in [-0.4, -0.2) is 37.5 Å². The molecule has 1 amide bonds. The summed E-state index contributed by atoms with van der Waals surface area (Å²) >= 11 is 0. The largest absolute Gasteiger partial charge is 0.351 e. The Labute approximate surface area is 154 Å². The molecule has 5 nitrogen and oxygen atoms in total. The fraction of sp³-hybridized carbons (Fsp3) is 0.250. The molecule has 0 bridgehead atoms. The van der Waals surface area contributed by atoms with Gasteiger partial charge in [0.25, 0.3) is 0 Å². The molecule has 3 rings (SSSR count). The van der Waals surface area contributed by atoms with Crippen LogP contribution in [0.4, 0.5) is 0 Å². The lowest BCUT2D eigenvalue weighted by Crippen LogP contribution is -2.40. The van der Waals surface area contributed by atoms with Crippen LogP contribution < -0.4 is 5.32 Å². The number of amides is 1. The van der Waals surface area contributed by atoms with Crippen molar-refractivity contribution in [1.29, 1.82) is 0 Å². The van der Waals surface area contributed by atoms with Crippen molar-refractivity contribution >= 4 is 22.0 Å². The van der Waals surface area contributed by atoms with Gasteiger partial charge in [-0.05, 0) is 29.2 Å². The zero-order valence-electron chi connectivity index (χ0n) is 14.5. The number of hydrogen-bond acceptors (Lipinski definition) is 3. The van der Waals surface area contributed by atoms with E-state index in [2.05, 4.69) is 5.32 Å². The standard InChI is InChI=1S/C20H22N2O3S/c23-20(11-10-17-6-2-1-3-7-17)21-13-15-26(24,25)22-14-12-18-8-4-5-9-19(18)16-22/h1-11H,12-16H2,(H,21,23)/b11-10+. The van der Waals surface area contributed by atoms with Crippen LogP contribution in [0.1, 0.15) is 16.7 Å². The van der Waals surface area contributed by atoms with Gasteiger partial charge in [-0.1, -0.05) is 54.6 Å². The average molecular weight is 370 g/mol. The molecule has 6 heteroatoms. The monoisotopic (exact) mass is 370 g/mol. The molecule has 2 aromatic rings. The Morgan fingerprint density at radius 2 is 1.73 bits per heavy atom. The van der Waals surface area contributed by atoms with Gasteiger partial charge in [0.1, 0.15) is 0 Å². The summed E-state index contributed by atoms with van der Waals surface area (Å²) in [5.74, 6) is -0.395. The SMILES string of the molecule is O=C(/C=C/c1ccccc1)NCCS(=O)(=O)N1CCc2ccccc2C1. The second-order valence-corrected chi connectivity index (χ2v) is 8.29. The van der Waals surface area contributed by atoms with Crippen molar-refractivity contribution in [1.82, 2.24) is 9.62 Å². The molecule has 0 saturated heterocycles. The summed E-state index contributed by atoms with van der Waals surface area (Å²) in [4.78, 5) is 11.8. The van der Waals surface area contributed by atoms with Crippen molar-refractivity contribution in [2.75, 3.05) is 18.8 Å². The number of benzene rings is 2. The van der Waals surface area contributed by atoms with Crippen molar-refractivity contribution < 1.29 is 13.2 Å². The highest BCUT2D eigenvalue weighted by atomic mass is 32.2. The molecule has 1 N–H and O–H groups in total. The third-order valence-corrected chi connectivity index (χ3v) is 6.19. The summed E-state index contributed by atoms with van der Waals surface area (Å²) in [5.41, 5.74) is 3.18. The summed E-state index contributed by atoms with van der Waals surface area (Å²) < 4.78 is 26.5. The summed E-state index contributed by atoms with van der Waals surface area (Å²) in [5, 5.41) is 2.64. The van der Waals surface area contributed by atoms with Gasteiger partial charge < -0.3 is 5.32 Å². The third kappa shape index (κ3) is 4.80. The lowest BCUT2D eigenvalue weighted by Gasteiger charge is -2.28. The first-order chi connectivity index (χ1) is 12.5. The van der Waals surface area contributed by atoms with E-state index in [4.69, 9.17) is 0 Å². The first kappa shape index (κ1) is 18.4. The molecule has 136 valence electrons. The molecule has 2 aromatic carbocycles. The van der Waals surface area contributed by atoms with Crippen molar-refractivity contribution in [3.63, 3.8) is 0 Å². The van der Waals surface area contributed by atoms with Gasteiger partial charge in [-0.15, -0.1) is 0 Å². The smallest absolute Gasteiger partial charge is 0.244 e. The molecule has 1 aliphatic rings. The van der Waals surface area contributed by atoms with Crippen LogP contribution in [0.3, 0.4) is 0 Å². The Hall–Kier alpha value is -2.44. The van der Waals surface area contributed by atoms with Gasteiger partial charge in [0.15, 0.2) is 0 Å². The normalized spacial score (nSPS) is 14.9. The van der Waals surface area contributed by atoms with Crippen LogP contribution in [0.15, 0.2) is 60.7 Å². The predicted octanol–water partition coefficient (Wildman–Crippen LogP) is 2.20. The van der Waals surface area contributed by atoms with E-state index in [1.807, 2.05) is 54.6 Å². The topological polar surface area (TPSA) is 66.5 Å². The van der Waals surface area contributed by atoms with Gasteiger partial charge in [0.2, 0.25) is 15.9 Å². The van der Waals surface area contributed by atoms with Gasteiger partial charge in [-0.3, -0.25) is 4.79 Å². The average Bonchev–Trinajstić information content (AvgIpc) is 2.66. The maximum Gasteiger partial charge on any atom is 0.244 e. The van der Waals surface area contributed by atoms with Gasteiger partial charge in [-0.25, -0.2) is 8.42 Å². The number of nitrogens with zero attached hydrogens (tertiary/aromatic N) is 1. The van der Waals surface area contributed by atoms with E-state index in [0.29, 0.717) is 13.1 Å². The maximum atomic E-state index is 12.5. The van der Waals surface area contributed by atoms with Crippen molar-refractivity contribution in [2.45, 2.75) is 13.0 Å². The molecule has 0 fully saturated rings. The van der Waals surface area contributed by atoms with Gasteiger partial charge in [0, 0.05) is 25.7 Å². The van der Waals surface area contributed by atoms with E-state index in [1.165, 1.54) is 15.9 Å². The molecule has 0 atom stereocenters. The van der Waals surface area contributed by atoms with Crippen LogP contribution in [0.2, 0.25) is 0 Å². The summed E-state index contributed by atoms with van der Waals surface area (Å²) in [6, 6.07) is 17.4. The Morgan fingerprint density at radius 1 is 1.04 bits per heavy atom. The van der Waals surface area contributed by atoms with E-state index in [1.54, 1.807) is 6.08 Å². The molecule has 0 aliphatic carbocycles. The minimum Gasteiger partial charge on any atom is -0.351 e. The van der Waals surface area contributed by atoms with Crippen LogP contribution in [0, 0.1) is 0 Å². The zero-order valence-corrected chi connectivity index (χ0v) is 15.3. The van der Waals surface area contributed by atoms with Crippen LogP contribution in [-0.2, 0) is 27.8 Å². The fourth-order valence-corrected chi connectivity index (χ4v) is 4.26. The predicted molar refractivity (Wildman–Crippen MR) is 103 cm³/mol. The molecule has 0 aromatic heterocycles. The van der Waals surface area contributed by atoms with E-state index < -0.39 is 10.0 Å². The number of carbonyl (C=O) groups is 1. The highest BCUT2D eigenvalue weighted by Gasteiger charge is 2.26. The molecule has 1 aliphatic heterocycles. The van der Waals surface area contributed by atoms with Crippen LogP contribution >= 0.6 is 0 Å². The van der Waals surface area contributed by atoms with Crippen LogP contribution in [0.25, 0.3) is 6.08 Å². The molecular weight excluding hydrogens is 348 g/mol. The molecule has 1 heterocycles. The van der Waals surface area contributed by atoms with Gasteiger partial charge >= 0.3 is 0 Å². The zero-order chi connectivity index (χ0) is 18.4. The number of rotatable bonds is 6. The minimum atomic E-state index is -3.39. The summed E-state index contributed by atoms with van der Waals surface area (Å²) in [6.45, 7) is 0.986.